The minimum atomic E-state index is 0.695. The summed E-state index contributed by atoms with van der Waals surface area (Å²) in [6.07, 6.45) is 4.95. The van der Waals surface area contributed by atoms with Gasteiger partial charge in [0.1, 0.15) is 0 Å². The van der Waals surface area contributed by atoms with Crippen molar-refractivity contribution >= 4 is 0 Å². The summed E-state index contributed by atoms with van der Waals surface area (Å²) >= 11 is 0. The van der Waals surface area contributed by atoms with E-state index in [1.807, 2.05) is 0 Å². The van der Waals surface area contributed by atoms with Crippen LogP contribution in [0.3, 0.4) is 0 Å². The zero-order chi connectivity index (χ0) is 11.8. The Kier molecular flexibility index (Phi) is 7.01. The van der Waals surface area contributed by atoms with Gasteiger partial charge in [-0.15, -0.1) is 0 Å². The van der Waals surface area contributed by atoms with Crippen LogP contribution < -0.4 is 5.32 Å². The first kappa shape index (κ1) is 13.9. The Balaban J connectivity index is 1.97. The lowest BCUT2D eigenvalue weighted by Crippen LogP contribution is -2.46. The van der Waals surface area contributed by atoms with E-state index in [4.69, 9.17) is 4.74 Å². The van der Waals surface area contributed by atoms with Crippen LogP contribution in [-0.4, -0.2) is 50.3 Å². The number of unbranched alkanes of at least 4 members (excludes halogenated alkanes) is 1. The number of ether oxygens (including phenoxy) is 1. The number of likely N-dealkylation sites (tertiary alicyclic amines) is 1. The molecule has 16 heavy (non-hydrogen) atoms. The monoisotopic (exact) mass is 228 g/mol. The number of hydrogen-bond donors (Lipinski definition) is 1. The molecule has 1 fully saturated rings. The number of hydrogen-bond acceptors (Lipinski definition) is 3. The Labute approximate surface area is 101 Å². The third kappa shape index (κ3) is 5.28. The zero-order valence-corrected chi connectivity index (χ0v) is 11.2. The van der Waals surface area contributed by atoms with E-state index in [1.54, 1.807) is 0 Å². The fourth-order valence-electron chi connectivity index (χ4n) is 2.16. The molecule has 0 aromatic heterocycles. The molecule has 1 rings (SSSR count). The largest absolute Gasteiger partial charge is 0.380 e. The predicted molar refractivity (Wildman–Crippen MR) is 68.8 cm³/mol. The normalized spacial score (nSPS) is 27.2. The molecule has 0 radical (unpaired) electrons. The van der Waals surface area contributed by atoms with Gasteiger partial charge in [-0.05, 0) is 39.8 Å². The second-order valence-electron chi connectivity index (χ2n) is 4.97. The average Bonchev–Trinajstić information content (AvgIpc) is 2.28. The molecular weight excluding hydrogens is 200 g/mol. The number of rotatable bonds is 7. The Morgan fingerprint density at radius 2 is 2.19 bits per heavy atom. The second kappa shape index (κ2) is 8.04. The maximum Gasteiger partial charge on any atom is 0.0591 e. The van der Waals surface area contributed by atoms with Gasteiger partial charge in [0.05, 0.1) is 6.61 Å². The van der Waals surface area contributed by atoms with Crippen molar-refractivity contribution in [1.29, 1.82) is 0 Å². The highest BCUT2D eigenvalue weighted by atomic mass is 16.5. The highest BCUT2D eigenvalue weighted by Gasteiger charge is 2.21. The van der Waals surface area contributed by atoms with Crippen LogP contribution >= 0.6 is 0 Å². The molecule has 0 spiro atoms. The van der Waals surface area contributed by atoms with Crippen molar-refractivity contribution < 1.29 is 4.74 Å². The van der Waals surface area contributed by atoms with Crippen molar-refractivity contribution in [1.82, 2.24) is 10.2 Å². The molecule has 3 heteroatoms. The van der Waals surface area contributed by atoms with Crippen LogP contribution in [-0.2, 0) is 4.74 Å². The van der Waals surface area contributed by atoms with Crippen LogP contribution in [0, 0.1) is 0 Å². The summed E-state index contributed by atoms with van der Waals surface area (Å²) in [4.78, 5) is 2.44. The van der Waals surface area contributed by atoms with Crippen LogP contribution in [0.4, 0.5) is 0 Å². The predicted octanol–water partition coefficient (Wildman–Crippen LogP) is 1.88. The van der Waals surface area contributed by atoms with E-state index in [-0.39, 0.29) is 0 Å². The molecule has 0 bridgehead atoms. The summed E-state index contributed by atoms with van der Waals surface area (Å²) in [6, 6.07) is 1.41. The first-order chi connectivity index (χ1) is 7.74. The van der Waals surface area contributed by atoms with Crippen LogP contribution in [0.5, 0.6) is 0 Å². The summed E-state index contributed by atoms with van der Waals surface area (Å²) in [6.45, 7) is 8.51. The minimum Gasteiger partial charge on any atom is -0.380 e. The fourth-order valence-corrected chi connectivity index (χ4v) is 2.16. The van der Waals surface area contributed by atoms with Crippen molar-refractivity contribution in [2.75, 3.05) is 33.4 Å². The molecule has 96 valence electrons. The molecule has 1 N–H and O–H groups in total. The molecular formula is C13H28N2O. The highest BCUT2D eigenvalue weighted by Crippen LogP contribution is 2.14. The molecule has 2 atom stereocenters. The standard InChI is InChI=1S/C13H28N2O/c1-4-5-9-16-10-7-14-13-6-8-15(3)12(2)11-13/h12-14H,4-11H2,1-3H3. The summed E-state index contributed by atoms with van der Waals surface area (Å²) in [7, 11) is 2.22. The molecule has 1 saturated heterocycles. The van der Waals surface area contributed by atoms with Gasteiger partial charge in [-0.2, -0.15) is 0 Å². The number of nitrogens with zero attached hydrogens (tertiary/aromatic N) is 1. The molecule has 0 saturated carbocycles. The maximum atomic E-state index is 5.54. The van der Waals surface area contributed by atoms with E-state index in [1.165, 1.54) is 32.2 Å². The lowest BCUT2D eigenvalue weighted by atomic mass is 9.99. The summed E-state index contributed by atoms with van der Waals surface area (Å²) < 4.78 is 5.54. The average molecular weight is 228 g/mol. The van der Waals surface area contributed by atoms with Crippen molar-refractivity contribution in [2.24, 2.45) is 0 Å². The van der Waals surface area contributed by atoms with Crippen molar-refractivity contribution in [3.63, 3.8) is 0 Å². The summed E-state index contributed by atoms with van der Waals surface area (Å²) in [5, 5.41) is 3.60. The van der Waals surface area contributed by atoms with Gasteiger partial charge in [0, 0.05) is 25.2 Å². The minimum absolute atomic E-state index is 0.695. The molecule has 0 aromatic rings. The van der Waals surface area contributed by atoms with Gasteiger partial charge in [-0.3, -0.25) is 0 Å². The summed E-state index contributed by atoms with van der Waals surface area (Å²) in [5.74, 6) is 0. The van der Waals surface area contributed by atoms with Crippen LogP contribution in [0.15, 0.2) is 0 Å². The molecule has 1 aliphatic heterocycles. The van der Waals surface area contributed by atoms with E-state index < -0.39 is 0 Å². The fraction of sp³-hybridized carbons (Fsp3) is 1.00. The molecule has 0 aliphatic carbocycles. The van der Waals surface area contributed by atoms with E-state index in [0.717, 1.165) is 19.8 Å². The molecule has 1 heterocycles. The van der Waals surface area contributed by atoms with Crippen molar-refractivity contribution in [3.05, 3.63) is 0 Å². The smallest absolute Gasteiger partial charge is 0.0591 e. The van der Waals surface area contributed by atoms with Crippen LogP contribution in [0.25, 0.3) is 0 Å². The van der Waals surface area contributed by atoms with Gasteiger partial charge >= 0.3 is 0 Å². The Morgan fingerprint density at radius 3 is 2.88 bits per heavy atom. The van der Waals surface area contributed by atoms with Crippen molar-refractivity contribution in [2.45, 2.75) is 51.6 Å². The van der Waals surface area contributed by atoms with E-state index >= 15 is 0 Å². The third-order valence-corrected chi connectivity index (χ3v) is 3.53. The quantitative estimate of drug-likeness (QED) is 0.673. The van der Waals surface area contributed by atoms with E-state index in [9.17, 15) is 0 Å². The first-order valence-electron chi connectivity index (χ1n) is 6.75. The summed E-state index contributed by atoms with van der Waals surface area (Å²) in [5.41, 5.74) is 0. The van der Waals surface area contributed by atoms with Gasteiger partial charge in [0.25, 0.3) is 0 Å². The molecule has 0 aromatic carbocycles. The van der Waals surface area contributed by atoms with Gasteiger partial charge < -0.3 is 15.0 Å². The Morgan fingerprint density at radius 1 is 1.38 bits per heavy atom. The molecule has 2 unspecified atom stereocenters. The van der Waals surface area contributed by atoms with Crippen molar-refractivity contribution in [3.8, 4) is 0 Å². The van der Waals surface area contributed by atoms with Gasteiger partial charge in [0.15, 0.2) is 0 Å². The lowest BCUT2D eigenvalue weighted by Gasteiger charge is -2.35. The maximum absolute atomic E-state index is 5.54. The molecule has 3 nitrogen and oxygen atoms in total. The Hall–Kier alpha value is -0.120. The van der Waals surface area contributed by atoms with Crippen LogP contribution in [0.1, 0.15) is 39.5 Å². The SMILES string of the molecule is CCCCOCCNC1CCN(C)C(C)C1. The lowest BCUT2D eigenvalue weighted by molar-refractivity contribution is 0.121. The zero-order valence-electron chi connectivity index (χ0n) is 11.2. The Bertz CT molecular complexity index is 175. The van der Waals surface area contributed by atoms with Gasteiger partial charge in [0.2, 0.25) is 0 Å². The topological polar surface area (TPSA) is 24.5 Å². The molecule has 0 amide bonds. The second-order valence-corrected chi connectivity index (χ2v) is 4.97. The molecule has 1 aliphatic rings. The first-order valence-corrected chi connectivity index (χ1v) is 6.75. The van der Waals surface area contributed by atoms with E-state index in [2.05, 4.69) is 31.1 Å². The number of nitrogens with one attached hydrogen (secondary N) is 1. The van der Waals surface area contributed by atoms with E-state index in [0.29, 0.717) is 12.1 Å². The van der Waals surface area contributed by atoms with Gasteiger partial charge in [-0.25, -0.2) is 0 Å². The number of piperidine rings is 1. The third-order valence-electron chi connectivity index (χ3n) is 3.53. The van der Waals surface area contributed by atoms with Gasteiger partial charge in [-0.1, -0.05) is 13.3 Å². The van der Waals surface area contributed by atoms with Crippen LogP contribution in [0.2, 0.25) is 0 Å². The highest BCUT2D eigenvalue weighted by molar-refractivity contribution is 4.80.